The monoisotopic (exact) mass is 475 g/mol. The van der Waals surface area contributed by atoms with Gasteiger partial charge in [0.1, 0.15) is 10.8 Å². The smallest absolute Gasteiger partial charge is 0.357 e. The van der Waals surface area contributed by atoms with Crippen LogP contribution in [0.5, 0.6) is 5.75 Å². The third-order valence-electron chi connectivity index (χ3n) is 4.75. The predicted molar refractivity (Wildman–Crippen MR) is 124 cm³/mol. The topological polar surface area (TPSA) is 118 Å². The van der Waals surface area contributed by atoms with Crippen LogP contribution < -0.4 is 14.8 Å². The zero-order valence-corrected chi connectivity index (χ0v) is 19.4. The first-order chi connectivity index (χ1) is 15.3. The Morgan fingerprint density at radius 1 is 1.19 bits per heavy atom. The summed E-state index contributed by atoms with van der Waals surface area (Å²) in [7, 11) is -2.76. The van der Waals surface area contributed by atoms with E-state index in [0.29, 0.717) is 12.2 Å². The summed E-state index contributed by atoms with van der Waals surface area (Å²) in [6.45, 7) is 2.02. The lowest BCUT2D eigenvalue weighted by Gasteiger charge is -2.18. The number of aromatic nitrogens is 1. The van der Waals surface area contributed by atoms with E-state index in [-0.39, 0.29) is 24.1 Å². The predicted octanol–water partition coefficient (Wildman–Crippen LogP) is 3.57. The Labute approximate surface area is 191 Å². The third-order valence-corrected chi connectivity index (χ3v) is 6.25. The van der Waals surface area contributed by atoms with Crippen LogP contribution >= 0.6 is 11.3 Å². The second-order valence-corrected chi connectivity index (χ2v) is 9.16. The number of hydrogen-bond donors (Lipinski definition) is 3. The van der Waals surface area contributed by atoms with E-state index in [9.17, 15) is 13.2 Å². The van der Waals surface area contributed by atoms with E-state index in [1.54, 1.807) is 31.4 Å². The molecule has 0 saturated carbocycles. The van der Waals surface area contributed by atoms with Gasteiger partial charge in [-0.05, 0) is 36.6 Å². The molecule has 8 nitrogen and oxygen atoms in total. The van der Waals surface area contributed by atoms with E-state index in [2.05, 4.69) is 10.3 Å². The second kappa shape index (κ2) is 10.6. The molecule has 1 amide bonds. The maximum absolute atomic E-state index is 12.8. The highest BCUT2D eigenvalue weighted by Gasteiger charge is 2.20. The van der Waals surface area contributed by atoms with E-state index in [0.717, 1.165) is 28.2 Å². The number of aryl methyl sites for hydroxylation is 1. The van der Waals surface area contributed by atoms with Gasteiger partial charge in [-0.3, -0.25) is 14.1 Å². The normalized spacial score (nSPS) is 12.2. The Bertz CT molecular complexity index is 1160. The number of nitrogens with one attached hydrogen (secondary N) is 2. The highest BCUT2D eigenvalue weighted by Crippen LogP contribution is 2.25. The molecule has 0 aliphatic rings. The summed E-state index contributed by atoms with van der Waals surface area (Å²) in [5.41, 5.74) is 2.87. The van der Waals surface area contributed by atoms with Gasteiger partial charge in [-0.25, -0.2) is 4.98 Å². The fourth-order valence-corrected chi connectivity index (χ4v) is 4.59. The molecule has 3 aromatic rings. The molecule has 1 aromatic heterocycles. The molecule has 3 N–H and O–H groups in total. The summed E-state index contributed by atoms with van der Waals surface area (Å²) in [4.78, 5) is 17.5. The fraction of sp³-hybridized carbons (Fsp3) is 0.273. The van der Waals surface area contributed by atoms with Crippen LogP contribution in [0.3, 0.4) is 0 Å². The van der Waals surface area contributed by atoms with Crippen molar-refractivity contribution in [2.24, 2.45) is 0 Å². The quantitative estimate of drug-likeness (QED) is 0.386. The van der Waals surface area contributed by atoms with Crippen LogP contribution in [0.4, 0.5) is 5.69 Å². The molecule has 0 fully saturated rings. The molecule has 0 bridgehead atoms. The Balaban J connectivity index is 1.77. The van der Waals surface area contributed by atoms with Crippen molar-refractivity contribution in [1.29, 1.82) is 0 Å². The molecular formula is C22H25N3O5S2. The van der Waals surface area contributed by atoms with Crippen molar-refractivity contribution in [3.8, 4) is 5.75 Å². The molecule has 0 spiro atoms. The first kappa shape index (κ1) is 23.7. The van der Waals surface area contributed by atoms with Gasteiger partial charge in [0.05, 0.1) is 31.0 Å². The van der Waals surface area contributed by atoms with Gasteiger partial charge >= 0.3 is 10.3 Å². The number of hydrogen-bond acceptors (Lipinski definition) is 6. The molecule has 3 rings (SSSR count). The summed E-state index contributed by atoms with van der Waals surface area (Å²) in [5, 5.41) is 5.86. The summed E-state index contributed by atoms with van der Waals surface area (Å²) in [6, 6.07) is 13.6. The number of carbonyl (C=O) groups is 1. The van der Waals surface area contributed by atoms with Gasteiger partial charge in [-0.1, -0.05) is 37.3 Å². The van der Waals surface area contributed by atoms with E-state index >= 15 is 0 Å². The van der Waals surface area contributed by atoms with Crippen LogP contribution in [0, 0.1) is 0 Å². The minimum atomic E-state index is -4.33. The fourth-order valence-electron chi connectivity index (χ4n) is 3.21. The number of benzene rings is 2. The van der Waals surface area contributed by atoms with Gasteiger partial charge in [-0.15, -0.1) is 11.3 Å². The zero-order valence-electron chi connectivity index (χ0n) is 17.7. The molecule has 1 atom stereocenters. The highest BCUT2D eigenvalue weighted by molar-refractivity contribution is 7.87. The van der Waals surface area contributed by atoms with E-state index in [1.165, 1.54) is 11.3 Å². The lowest BCUT2D eigenvalue weighted by atomic mass is 10.0. The highest BCUT2D eigenvalue weighted by atomic mass is 32.2. The average Bonchev–Trinajstić information content (AvgIpc) is 3.23. The Morgan fingerprint density at radius 2 is 1.91 bits per heavy atom. The molecule has 0 unspecified atom stereocenters. The lowest BCUT2D eigenvalue weighted by Crippen LogP contribution is -2.31. The van der Waals surface area contributed by atoms with E-state index < -0.39 is 10.3 Å². The summed E-state index contributed by atoms with van der Waals surface area (Å²) in [5.74, 6) is 0.501. The molecule has 2 aromatic carbocycles. The number of ether oxygens (including phenoxy) is 1. The zero-order chi connectivity index (χ0) is 23.1. The summed E-state index contributed by atoms with van der Waals surface area (Å²) in [6.07, 6.45) is 1.44. The molecule has 0 aliphatic carbocycles. The van der Waals surface area contributed by atoms with Crippen LogP contribution in [-0.2, 0) is 34.4 Å². The van der Waals surface area contributed by atoms with Gasteiger partial charge in [0, 0.05) is 10.9 Å². The molecular weight excluding hydrogens is 450 g/mol. The Hall–Kier alpha value is -2.95. The van der Waals surface area contributed by atoms with Gasteiger partial charge in [0.25, 0.3) is 0 Å². The molecule has 170 valence electrons. The van der Waals surface area contributed by atoms with E-state index in [1.807, 2.05) is 41.3 Å². The number of methoxy groups -OCH3 is 1. The summed E-state index contributed by atoms with van der Waals surface area (Å²) < 4.78 is 38.2. The van der Waals surface area contributed by atoms with Crippen LogP contribution in [0.15, 0.2) is 53.9 Å². The molecule has 0 radical (unpaired) electrons. The maximum atomic E-state index is 12.8. The third kappa shape index (κ3) is 6.78. The maximum Gasteiger partial charge on any atom is 0.357 e. The first-order valence-electron chi connectivity index (χ1n) is 9.97. The minimum Gasteiger partial charge on any atom is -0.496 e. The summed E-state index contributed by atoms with van der Waals surface area (Å²) >= 11 is 1.49. The van der Waals surface area contributed by atoms with Crippen LogP contribution in [-0.4, -0.2) is 31.0 Å². The van der Waals surface area contributed by atoms with Crippen LogP contribution in [0.25, 0.3) is 0 Å². The number of nitrogens with zero attached hydrogens (tertiary/aromatic N) is 1. The van der Waals surface area contributed by atoms with Crippen LogP contribution in [0.2, 0.25) is 0 Å². The van der Waals surface area contributed by atoms with Crippen molar-refractivity contribution in [1.82, 2.24) is 10.3 Å². The molecule has 0 aliphatic heterocycles. The van der Waals surface area contributed by atoms with Crippen molar-refractivity contribution in [3.05, 3.63) is 75.7 Å². The van der Waals surface area contributed by atoms with Crippen molar-refractivity contribution in [2.45, 2.75) is 32.2 Å². The Morgan fingerprint density at radius 3 is 2.53 bits per heavy atom. The van der Waals surface area contributed by atoms with E-state index in [4.69, 9.17) is 9.29 Å². The lowest BCUT2D eigenvalue weighted by molar-refractivity contribution is -0.121. The van der Waals surface area contributed by atoms with Crippen molar-refractivity contribution >= 4 is 33.2 Å². The van der Waals surface area contributed by atoms with Gasteiger partial charge in [-0.2, -0.15) is 8.42 Å². The molecule has 10 heteroatoms. The first-order valence-corrected chi connectivity index (χ1v) is 12.3. The van der Waals surface area contributed by atoms with Gasteiger partial charge in [0.2, 0.25) is 5.91 Å². The van der Waals surface area contributed by atoms with Gasteiger partial charge in [0.15, 0.2) is 0 Å². The minimum absolute atomic E-state index is 0.155. The number of thiazole rings is 1. The Kier molecular flexibility index (Phi) is 7.84. The van der Waals surface area contributed by atoms with Crippen molar-refractivity contribution in [2.75, 3.05) is 11.8 Å². The molecule has 1 heterocycles. The number of carbonyl (C=O) groups excluding carboxylic acids is 1. The largest absolute Gasteiger partial charge is 0.496 e. The SMILES string of the molecule is CCc1csc([C@H](Cc2ccc(NS(=O)(=O)O)cc2)NC(=O)Cc2ccccc2OC)n1. The standard InChI is InChI=1S/C22H25N3O5S2/c1-3-17-14-31-22(23-17)19(12-15-8-10-18(11-9-15)25-32(27,28)29)24-21(26)13-16-6-4-5-7-20(16)30-2/h4-11,14,19,25H,3,12-13H2,1-2H3,(H,24,26)(H,27,28,29)/t19-/m0/s1. The molecule has 32 heavy (non-hydrogen) atoms. The molecule has 0 saturated heterocycles. The number of para-hydroxylation sites is 1. The van der Waals surface area contributed by atoms with Gasteiger partial charge < -0.3 is 10.1 Å². The van der Waals surface area contributed by atoms with Crippen LogP contribution in [0.1, 0.15) is 34.8 Å². The number of amides is 1. The second-order valence-electron chi connectivity index (χ2n) is 7.12. The average molecular weight is 476 g/mol. The number of rotatable bonds is 10. The van der Waals surface area contributed by atoms with Crippen molar-refractivity contribution in [3.63, 3.8) is 0 Å². The van der Waals surface area contributed by atoms with Crippen molar-refractivity contribution < 1.29 is 22.5 Å². The number of anilines is 1.